The first-order valence-electron chi connectivity index (χ1n) is 4.98. The Balaban J connectivity index is 1.90. The fourth-order valence-corrected chi connectivity index (χ4v) is 1.81. The Morgan fingerprint density at radius 2 is 2.00 bits per heavy atom. The largest absolute Gasteiger partial charge is 0.331 e. The predicted octanol–water partition coefficient (Wildman–Crippen LogP) is 2.43. The molecule has 0 spiro atoms. The number of carbonyl (C=O) groups excluding carboxylic acids is 1. The first-order valence-corrected chi connectivity index (χ1v) is 5.74. The predicted molar refractivity (Wildman–Crippen MR) is 68.7 cm³/mol. The molecule has 2 rings (SSSR count). The van der Waals surface area contributed by atoms with Crippen molar-refractivity contribution in [3.8, 4) is 0 Å². The van der Waals surface area contributed by atoms with Gasteiger partial charge in [-0.2, -0.15) is 5.10 Å². The smallest absolute Gasteiger partial charge is 0.319 e. The minimum Gasteiger partial charge on any atom is -0.331 e. The lowest BCUT2D eigenvalue weighted by molar-refractivity contribution is 0.251. The monoisotopic (exact) mass is 285 g/mol. The van der Waals surface area contributed by atoms with Crippen LogP contribution in [0.15, 0.2) is 24.5 Å². The number of benzene rings is 1. The summed E-state index contributed by atoms with van der Waals surface area (Å²) in [6, 6.07) is 4.40. The number of carbonyl (C=O) groups is 1. The summed E-state index contributed by atoms with van der Waals surface area (Å²) in [5.74, 6) is 0.564. The maximum absolute atomic E-state index is 11.6. The van der Waals surface area contributed by atoms with Crippen molar-refractivity contribution in [1.82, 2.24) is 20.5 Å². The van der Waals surface area contributed by atoms with Crippen LogP contribution >= 0.6 is 23.2 Å². The molecule has 0 fully saturated rings. The highest BCUT2D eigenvalue weighted by Crippen LogP contribution is 2.22. The number of halogens is 2. The molecule has 0 atom stereocenters. The second-order valence-electron chi connectivity index (χ2n) is 3.40. The molecule has 94 valence electrons. The maximum Gasteiger partial charge on any atom is 0.319 e. The standard InChI is InChI=1S/C10H9Cl2N5O/c11-6-1-7(12)3-8(2-6)16-10(18)13-4-9-14-5-15-17-9/h1-3,5H,4H2,(H2,13,16,18)(H,14,15,17). The number of aromatic nitrogens is 3. The molecule has 0 radical (unpaired) electrons. The van der Waals surface area contributed by atoms with Gasteiger partial charge in [0.05, 0.1) is 6.54 Å². The van der Waals surface area contributed by atoms with Gasteiger partial charge < -0.3 is 10.6 Å². The van der Waals surface area contributed by atoms with Gasteiger partial charge in [0.25, 0.3) is 0 Å². The van der Waals surface area contributed by atoms with Crippen LogP contribution in [0.4, 0.5) is 10.5 Å². The molecular formula is C10H9Cl2N5O. The fraction of sp³-hybridized carbons (Fsp3) is 0.100. The van der Waals surface area contributed by atoms with Gasteiger partial charge in [0, 0.05) is 15.7 Å². The van der Waals surface area contributed by atoms with Crippen LogP contribution in [0, 0.1) is 0 Å². The lowest BCUT2D eigenvalue weighted by Crippen LogP contribution is -2.28. The molecule has 6 nitrogen and oxygen atoms in total. The van der Waals surface area contributed by atoms with Crippen LogP contribution in [-0.4, -0.2) is 21.2 Å². The van der Waals surface area contributed by atoms with Crippen molar-refractivity contribution < 1.29 is 4.79 Å². The van der Waals surface area contributed by atoms with E-state index in [0.717, 1.165) is 0 Å². The van der Waals surface area contributed by atoms with Gasteiger partial charge in [-0.3, -0.25) is 5.10 Å². The Morgan fingerprint density at radius 3 is 2.61 bits per heavy atom. The van der Waals surface area contributed by atoms with Crippen molar-refractivity contribution in [2.75, 3.05) is 5.32 Å². The molecule has 0 aliphatic carbocycles. The first kappa shape index (κ1) is 12.7. The van der Waals surface area contributed by atoms with E-state index in [1.54, 1.807) is 18.2 Å². The Kier molecular flexibility index (Phi) is 4.01. The summed E-state index contributed by atoms with van der Waals surface area (Å²) in [5.41, 5.74) is 0.516. The maximum atomic E-state index is 11.6. The second kappa shape index (κ2) is 5.70. The fourth-order valence-electron chi connectivity index (χ4n) is 1.28. The van der Waals surface area contributed by atoms with Gasteiger partial charge in [-0.25, -0.2) is 9.78 Å². The van der Waals surface area contributed by atoms with Crippen LogP contribution in [-0.2, 0) is 6.54 Å². The van der Waals surface area contributed by atoms with Crippen LogP contribution in [0.5, 0.6) is 0 Å². The quantitative estimate of drug-likeness (QED) is 0.810. The first-order chi connectivity index (χ1) is 8.63. The molecule has 0 aliphatic heterocycles. The summed E-state index contributed by atoms with van der Waals surface area (Å²) in [7, 11) is 0. The third-order valence-corrected chi connectivity index (χ3v) is 2.44. The number of amides is 2. The molecule has 0 aliphatic rings. The van der Waals surface area contributed by atoms with Gasteiger partial charge in [0.15, 0.2) is 0 Å². The van der Waals surface area contributed by atoms with E-state index in [0.29, 0.717) is 21.6 Å². The van der Waals surface area contributed by atoms with Gasteiger partial charge >= 0.3 is 6.03 Å². The van der Waals surface area contributed by atoms with E-state index >= 15 is 0 Å². The lowest BCUT2D eigenvalue weighted by atomic mass is 10.3. The molecule has 2 aromatic rings. The van der Waals surface area contributed by atoms with Crippen LogP contribution < -0.4 is 10.6 Å². The average molecular weight is 286 g/mol. The Labute approximate surface area is 113 Å². The van der Waals surface area contributed by atoms with Crippen molar-refractivity contribution >= 4 is 34.9 Å². The van der Waals surface area contributed by atoms with Gasteiger partial charge in [-0.1, -0.05) is 23.2 Å². The van der Waals surface area contributed by atoms with E-state index in [4.69, 9.17) is 23.2 Å². The van der Waals surface area contributed by atoms with E-state index in [9.17, 15) is 4.79 Å². The zero-order chi connectivity index (χ0) is 13.0. The molecule has 18 heavy (non-hydrogen) atoms. The van der Waals surface area contributed by atoms with E-state index in [-0.39, 0.29) is 12.6 Å². The number of rotatable bonds is 3. The van der Waals surface area contributed by atoms with E-state index in [1.807, 2.05) is 0 Å². The number of H-pyrrole nitrogens is 1. The second-order valence-corrected chi connectivity index (χ2v) is 4.27. The number of aromatic amines is 1. The molecule has 2 amide bonds. The Hall–Kier alpha value is -1.79. The zero-order valence-corrected chi connectivity index (χ0v) is 10.6. The van der Waals surface area contributed by atoms with Crippen molar-refractivity contribution in [1.29, 1.82) is 0 Å². The third kappa shape index (κ3) is 3.61. The van der Waals surface area contributed by atoms with Gasteiger partial charge in [-0.15, -0.1) is 0 Å². The minimum atomic E-state index is -0.385. The van der Waals surface area contributed by atoms with Crippen LogP contribution in [0.1, 0.15) is 5.82 Å². The summed E-state index contributed by atoms with van der Waals surface area (Å²) in [4.78, 5) is 15.4. The molecule has 0 bridgehead atoms. The van der Waals surface area contributed by atoms with Crippen molar-refractivity contribution in [2.24, 2.45) is 0 Å². The number of urea groups is 1. The molecule has 8 heteroatoms. The van der Waals surface area contributed by atoms with Gasteiger partial charge in [-0.05, 0) is 18.2 Å². The third-order valence-electron chi connectivity index (χ3n) is 2.00. The van der Waals surface area contributed by atoms with Crippen LogP contribution in [0.2, 0.25) is 10.0 Å². The summed E-state index contributed by atoms with van der Waals surface area (Å²) in [6.07, 6.45) is 1.37. The summed E-state index contributed by atoms with van der Waals surface area (Å²) < 4.78 is 0. The Morgan fingerprint density at radius 1 is 1.28 bits per heavy atom. The summed E-state index contributed by atoms with van der Waals surface area (Å²) in [6.45, 7) is 0.250. The molecule has 1 aromatic heterocycles. The number of nitrogens with zero attached hydrogens (tertiary/aromatic N) is 2. The normalized spacial score (nSPS) is 10.1. The van der Waals surface area contributed by atoms with E-state index < -0.39 is 0 Å². The molecule has 1 heterocycles. The Bertz CT molecular complexity index is 523. The van der Waals surface area contributed by atoms with Crippen molar-refractivity contribution in [3.63, 3.8) is 0 Å². The highest BCUT2D eigenvalue weighted by Gasteiger charge is 2.04. The number of hydrogen-bond donors (Lipinski definition) is 3. The van der Waals surface area contributed by atoms with Gasteiger partial charge in [0.1, 0.15) is 12.2 Å². The van der Waals surface area contributed by atoms with E-state index in [1.165, 1.54) is 6.33 Å². The molecule has 3 N–H and O–H groups in total. The SMILES string of the molecule is O=C(NCc1ncn[nH]1)Nc1cc(Cl)cc(Cl)c1. The minimum absolute atomic E-state index is 0.250. The molecule has 1 aromatic carbocycles. The highest BCUT2D eigenvalue weighted by molar-refractivity contribution is 6.35. The van der Waals surface area contributed by atoms with Gasteiger partial charge in [0.2, 0.25) is 0 Å². The number of anilines is 1. The molecule has 0 unspecified atom stereocenters. The summed E-state index contributed by atoms with van der Waals surface area (Å²) in [5, 5.41) is 12.4. The molecule has 0 saturated heterocycles. The molecular weight excluding hydrogens is 277 g/mol. The summed E-state index contributed by atoms with van der Waals surface area (Å²) >= 11 is 11.6. The number of hydrogen-bond acceptors (Lipinski definition) is 3. The van der Waals surface area contributed by atoms with Crippen LogP contribution in [0.3, 0.4) is 0 Å². The van der Waals surface area contributed by atoms with Crippen molar-refractivity contribution in [3.05, 3.63) is 40.4 Å². The van der Waals surface area contributed by atoms with Crippen LogP contribution in [0.25, 0.3) is 0 Å². The zero-order valence-electron chi connectivity index (χ0n) is 9.08. The number of nitrogens with one attached hydrogen (secondary N) is 3. The van der Waals surface area contributed by atoms with E-state index in [2.05, 4.69) is 25.8 Å². The topological polar surface area (TPSA) is 82.7 Å². The molecule has 0 saturated carbocycles. The average Bonchev–Trinajstić information content (AvgIpc) is 2.77. The van der Waals surface area contributed by atoms with Crippen molar-refractivity contribution in [2.45, 2.75) is 6.54 Å². The lowest BCUT2D eigenvalue weighted by Gasteiger charge is -2.07. The highest BCUT2D eigenvalue weighted by atomic mass is 35.5.